The normalized spacial score (nSPS) is 10.1. The van der Waals surface area contributed by atoms with Gasteiger partial charge in [0.05, 0.1) is 5.69 Å². The third kappa shape index (κ3) is 3.40. The van der Waals surface area contributed by atoms with Crippen molar-refractivity contribution in [2.45, 2.75) is 0 Å². The topological polar surface area (TPSA) is 55.1 Å². The number of hydrogen-bond donors (Lipinski definition) is 2. The van der Waals surface area contributed by atoms with Gasteiger partial charge in [-0.3, -0.25) is 4.79 Å². The van der Waals surface area contributed by atoms with Gasteiger partial charge in [-0.2, -0.15) is 0 Å². The van der Waals surface area contributed by atoms with Gasteiger partial charge in [0.1, 0.15) is 10.8 Å². The molecule has 20 heavy (non-hydrogen) atoms. The first-order chi connectivity index (χ1) is 9.47. The Balaban J connectivity index is 2.19. The standard InChI is InChI=1S/C14H10BrFN2OS/c15-10-4-1-8(2-5-10)14(19)18-12-6-3-9(13(17)20)7-11(12)16/h1-7H,(H2,17,20)(H,18,19). The van der Waals surface area contributed by atoms with Gasteiger partial charge in [-0.15, -0.1) is 0 Å². The maximum Gasteiger partial charge on any atom is 0.255 e. The molecule has 3 nitrogen and oxygen atoms in total. The van der Waals surface area contributed by atoms with Crippen LogP contribution in [-0.2, 0) is 0 Å². The van der Waals surface area contributed by atoms with Crippen LogP contribution in [0.4, 0.5) is 10.1 Å². The van der Waals surface area contributed by atoms with Gasteiger partial charge in [-0.25, -0.2) is 4.39 Å². The van der Waals surface area contributed by atoms with Crippen molar-refractivity contribution < 1.29 is 9.18 Å². The maximum absolute atomic E-state index is 13.8. The van der Waals surface area contributed by atoms with Gasteiger partial charge in [0.25, 0.3) is 5.91 Å². The van der Waals surface area contributed by atoms with Crippen LogP contribution in [0.2, 0.25) is 0 Å². The molecule has 0 aliphatic rings. The number of anilines is 1. The van der Waals surface area contributed by atoms with Crippen molar-refractivity contribution in [2.75, 3.05) is 5.32 Å². The number of thiocarbonyl (C=S) groups is 1. The molecule has 0 aliphatic heterocycles. The number of hydrogen-bond acceptors (Lipinski definition) is 2. The van der Waals surface area contributed by atoms with Gasteiger partial charge in [0.2, 0.25) is 0 Å². The Morgan fingerprint density at radius 3 is 2.30 bits per heavy atom. The van der Waals surface area contributed by atoms with E-state index in [0.717, 1.165) is 4.47 Å². The summed E-state index contributed by atoms with van der Waals surface area (Å²) in [6.45, 7) is 0. The minimum atomic E-state index is -0.583. The molecule has 6 heteroatoms. The van der Waals surface area contributed by atoms with Crippen LogP contribution in [0.3, 0.4) is 0 Å². The average molecular weight is 353 g/mol. The van der Waals surface area contributed by atoms with E-state index < -0.39 is 5.82 Å². The summed E-state index contributed by atoms with van der Waals surface area (Å²) in [6, 6.07) is 10.9. The molecule has 3 N–H and O–H groups in total. The van der Waals surface area contributed by atoms with Gasteiger partial charge in [0, 0.05) is 15.6 Å². The smallest absolute Gasteiger partial charge is 0.255 e. The van der Waals surface area contributed by atoms with Crippen molar-refractivity contribution >= 4 is 44.7 Å². The maximum atomic E-state index is 13.8. The van der Waals surface area contributed by atoms with Gasteiger partial charge in [-0.05, 0) is 42.5 Å². The Labute approximate surface area is 129 Å². The molecule has 0 unspecified atom stereocenters. The molecule has 0 saturated heterocycles. The van der Waals surface area contributed by atoms with E-state index in [1.165, 1.54) is 12.1 Å². The summed E-state index contributed by atoms with van der Waals surface area (Å²) in [5.41, 5.74) is 6.35. The van der Waals surface area contributed by atoms with Crippen LogP contribution in [0.1, 0.15) is 15.9 Å². The molecule has 0 radical (unpaired) electrons. The van der Waals surface area contributed by atoms with Crippen LogP contribution in [-0.4, -0.2) is 10.9 Å². The Morgan fingerprint density at radius 2 is 1.75 bits per heavy atom. The fraction of sp³-hybridized carbons (Fsp3) is 0. The van der Waals surface area contributed by atoms with E-state index in [1.807, 2.05) is 0 Å². The molecule has 0 aromatic heterocycles. The molecule has 0 saturated carbocycles. The molecular formula is C14H10BrFN2OS. The second-order valence-electron chi connectivity index (χ2n) is 4.02. The van der Waals surface area contributed by atoms with E-state index in [1.54, 1.807) is 30.3 Å². The largest absolute Gasteiger partial charge is 0.389 e. The first-order valence-electron chi connectivity index (χ1n) is 5.63. The Bertz CT molecular complexity index is 673. The van der Waals surface area contributed by atoms with Crippen molar-refractivity contribution in [3.63, 3.8) is 0 Å². The molecule has 2 aromatic rings. The van der Waals surface area contributed by atoms with E-state index in [-0.39, 0.29) is 16.6 Å². The first kappa shape index (κ1) is 14.6. The molecule has 2 rings (SSSR count). The predicted molar refractivity (Wildman–Crippen MR) is 84.4 cm³/mol. The number of benzene rings is 2. The van der Waals surface area contributed by atoms with E-state index in [0.29, 0.717) is 11.1 Å². The molecule has 0 atom stereocenters. The zero-order valence-corrected chi connectivity index (χ0v) is 12.6. The quantitative estimate of drug-likeness (QED) is 0.831. The van der Waals surface area contributed by atoms with E-state index in [9.17, 15) is 9.18 Å². The first-order valence-corrected chi connectivity index (χ1v) is 6.84. The number of amides is 1. The second kappa shape index (κ2) is 6.11. The van der Waals surface area contributed by atoms with Crippen LogP contribution in [0.5, 0.6) is 0 Å². The van der Waals surface area contributed by atoms with Gasteiger partial charge in [0.15, 0.2) is 0 Å². The number of halogens is 2. The number of nitrogens with two attached hydrogens (primary N) is 1. The summed E-state index contributed by atoms with van der Waals surface area (Å²) in [5.74, 6) is -0.972. The van der Waals surface area contributed by atoms with Gasteiger partial charge >= 0.3 is 0 Å². The number of carbonyl (C=O) groups excluding carboxylic acids is 1. The zero-order valence-electron chi connectivity index (χ0n) is 10.2. The number of carbonyl (C=O) groups is 1. The van der Waals surface area contributed by atoms with Crippen molar-refractivity contribution in [3.05, 3.63) is 63.9 Å². The van der Waals surface area contributed by atoms with Gasteiger partial charge in [-0.1, -0.05) is 28.1 Å². The number of nitrogens with one attached hydrogen (secondary N) is 1. The SMILES string of the molecule is NC(=S)c1ccc(NC(=O)c2ccc(Br)cc2)c(F)c1. The fourth-order valence-corrected chi connectivity index (χ4v) is 1.96. The molecule has 1 amide bonds. The average Bonchev–Trinajstić information content (AvgIpc) is 2.41. The van der Waals surface area contributed by atoms with Crippen LogP contribution in [0.15, 0.2) is 46.9 Å². The van der Waals surface area contributed by atoms with E-state index in [2.05, 4.69) is 21.2 Å². The summed E-state index contributed by atoms with van der Waals surface area (Å²) in [7, 11) is 0. The lowest BCUT2D eigenvalue weighted by atomic mass is 10.1. The molecule has 0 bridgehead atoms. The van der Waals surface area contributed by atoms with E-state index in [4.69, 9.17) is 18.0 Å². The molecular weight excluding hydrogens is 343 g/mol. The Morgan fingerprint density at radius 1 is 1.15 bits per heavy atom. The lowest BCUT2D eigenvalue weighted by molar-refractivity contribution is 0.102. The molecule has 0 spiro atoms. The summed E-state index contributed by atoms with van der Waals surface area (Å²) in [6.07, 6.45) is 0. The third-order valence-electron chi connectivity index (χ3n) is 2.61. The monoisotopic (exact) mass is 352 g/mol. The third-order valence-corrected chi connectivity index (χ3v) is 3.37. The van der Waals surface area contributed by atoms with E-state index >= 15 is 0 Å². The highest BCUT2D eigenvalue weighted by atomic mass is 79.9. The Kier molecular flexibility index (Phi) is 4.46. The molecule has 0 aliphatic carbocycles. The zero-order chi connectivity index (χ0) is 14.7. The highest BCUT2D eigenvalue weighted by Crippen LogP contribution is 2.18. The summed E-state index contributed by atoms with van der Waals surface area (Å²) < 4.78 is 14.7. The summed E-state index contributed by atoms with van der Waals surface area (Å²) in [4.78, 5) is 12.1. The van der Waals surface area contributed by atoms with Crippen LogP contribution in [0, 0.1) is 5.82 Å². The number of rotatable bonds is 3. The minimum Gasteiger partial charge on any atom is -0.389 e. The second-order valence-corrected chi connectivity index (χ2v) is 5.38. The molecule has 2 aromatic carbocycles. The van der Waals surface area contributed by atoms with Crippen molar-refractivity contribution in [1.29, 1.82) is 0 Å². The highest BCUT2D eigenvalue weighted by molar-refractivity contribution is 9.10. The van der Waals surface area contributed by atoms with Crippen LogP contribution < -0.4 is 11.1 Å². The molecule has 0 fully saturated rings. The van der Waals surface area contributed by atoms with Crippen LogP contribution in [0.25, 0.3) is 0 Å². The van der Waals surface area contributed by atoms with Crippen molar-refractivity contribution in [1.82, 2.24) is 0 Å². The lowest BCUT2D eigenvalue weighted by Crippen LogP contribution is -2.14. The van der Waals surface area contributed by atoms with Crippen molar-refractivity contribution in [3.8, 4) is 0 Å². The van der Waals surface area contributed by atoms with Gasteiger partial charge < -0.3 is 11.1 Å². The minimum absolute atomic E-state index is 0.0814. The Hall–Kier alpha value is -1.79. The highest BCUT2D eigenvalue weighted by Gasteiger charge is 2.10. The fourth-order valence-electron chi connectivity index (χ4n) is 1.57. The lowest BCUT2D eigenvalue weighted by Gasteiger charge is -2.08. The van der Waals surface area contributed by atoms with Crippen molar-refractivity contribution in [2.24, 2.45) is 5.73 Å². The summed E-state index contributed by atoms with van der Waals surface area (Å²) >= 11 is 8.04. The summed E-state index contributed by atoms with van der Waals surface area (Å²) in [5, 5.41) is 2.50. The van der Waals surface area contributed by atoms with Crippen LogP contribution >= 0.6 is 28.1 Å². The predicted octanol–water partition coefficient (Wildman–Crippen LogP) is 3.47. The molecule has 0 heterocycles. The molecule has 102 valence electrons.